The van der Waals surface area contributed by atoms with Gasteiger partial charge >= 0.3 is 0 Å². The topological polar surface area (TPSA) is 70.7 Å². The minimum absolute atomic E-state index is 0.248. The molecule has 2 N–H and O–H groups in total. The molecule has 2 rings (SSSR count). The van der Waals surface area contributed by atoms with Gasteiger partial charge in [0.25, 0.3) is 0 Å². The van der Waals surface area contributed by atoms with Crippen molar-refractivity contribution in [2.75, 3.05) is 43.1 Å². The third-order valence-corrected chi connectivity index (χ3v) is 4.46. The maximum absolute atomic E-state index is 12.7. The van der Waals surface area contributed by atoms with E-state index in [1.54, 1.807) is 13.8 Å². The minimum Gasteiger partial charge on any atom is -0.378 e. The van der Waals surface area contributed by atoms with Crippen LogP contribution in [0.15, 0.2) is 24.3 Å². The molecule has 1 heterocycles. The zero-order valence-electron chi connectivity index (χ0n) is 15.4. The average Bonchev–Trinajstić information content (AvgIpc) is 2.63. The predicted octanol–water partition coefficient (Wildman–Crippen LogP) is 2.40. The summed E-state index contributed by atoms with van der Waals surface area (Å²) in [6.45, 7) is 8.88. The number of carbonyl (C=O) groups is 2. The van der Waals surface area contributed by atoms with Gasteiger partial charge in [0.05, 0.1) is 24.6 Å². The van der Waals surface area contributed by atoms with Crippen molar-refractivity contribution in [3.63, 3.8) is 0 Å². The van der Waals surface area contributed by atoms with E-state index in [4.69, 9.17) is 4.74 Å². The number of nitrogens with zero attached hydrogens (tertiary/aromatic N) is 1. The first-order chi connectivity index (χ1) is 12.0. The highest BCUT2D eigenvalue weighted by Crippen LogP contribution is 2.28. The van der Waals surface area contributed by atoms with E-state index in [1.165, 1.54) is 0 Å². The van der Waals surface area contributed by atoms with Gasteiger partial charge in [-0.1, -0.05) is 25.5 Å². The molecule has 0 aliphatic carbocycles. The Balaban J connectivity index is 2.07. The Morgan fingerprint density at radius 3 is 2.52 bits per heavy atom. The Bertz CT molecular complexity index is 595. The monoisotopic (exact) mass is 347 g/mol. The summed E-state index contributed by atoms with van der Waals surface area (Å²) in [6, 6.07) is 7.68. The van der Waals surface area contributed by atoms with Gasteiger partial charge in [-0.15, -0.1) is 0 Å². The lowest BCUT2D eigenvalue weighted by Crippen LogP contribution is -2.45. The molecule has 0 spiro atoms. The molecular weight excluding hydrogens is 318 g/mol. The molecule has 0 aromatic heterocycles. The second-order valence-electron chi connectivity index (χ2n) is 6.81. The summed E-state index contributed by atoms with van der Waals surface area (Å²) in [7, 11) is 0. The highest BCUT2D eigenvalue weighted by atomic mass is 16.5. The summed E-state index contributed by atoms with van der Waals surface area (Å²) in [5.74, 6) is -0.551. The predicted molar refractivity (Wildman–Crippen MR) is 99.8 cm³/mol. The van der Waals surface area contributed by atoms with Crippen LogP contribution in [0.2, 0.25) is 0 Å². The standard InChI is InChI=1S/C19H29N3O3/c1-4-5-10-20-17(23)19(2,3)18(24)21-15-8-6-7-9-16(15)22-11-13-25-14-12-22/h6-9H,4-5,10-14H2,1-3H3,(H,20,23)(H,21,24). The third kappa shape index (κ3) is 4.95. The molecule has 1 aromatic rings. The van der Waals surface area contributed by atoms with E-state index < -0.39 is 5.41 Å². The summed E-state index contributed by atoms with van der Waals surface area (Å²) in [6.07, 6.45) is 1.91. The first-order valence-electron chi connectivity index (χ1n) is 8.98. The lowest BCUT2D eigenvalue weighted by Gasteiger charge is -2.31. The highest BCUT2D eigenvalue weighted by Gasteiger charge is 2.36. The Kier molecular flexibility index (Phi) is 6.82. The van der Waals surface area contributed by atoms with Gasteiger partial charge in [-0.05, 0) is 32.4 Å². The molecule has 0 unspecified atom stereocenters. The van der Waals surface area contributed by atoms with Gasteiger partial charge in [0, 0.05) is 19.6 Å². The molecule has 0 atom stereocenters. The van der Waals surface area contributed by atoms with Gasteiger partial charge in [-0.3, -0.25) is 9.59 Å². The first-order valence-corrected chi connectivity index (χ1v) is 8.98. The number of ether oxygens (including phenoxy) is 1. The van der Waals surface area contributed by atoms with Crippen LogP contribution in [0.4, 0.5) is 11.4 Å². The van der Waals surface area contributed by atoms with Crippen molar-refractivity contribution in [1.82, 2.24) is 5.32 Å². The molecule has 6 nitrogen and oxygen atoms in total. The molecule has 0 saturated carbocycles. The third-order valence-electron chi connectivity index (χ3n) is 4.46. The zero-order valence-corrected chi connectivity index (χ0v) is 15.4. The molecular formula is C19H29N3O3. The quantitative estimate of drug-likeness (QED) is 0.587. The van der Waals surface area contributed by atoms with Crippen molar-refractivity contribution < 1.29 is 14.3 Å². The van der Waals surface area contributed by atoms with E-state index in [1.807, 2.05) is 24.3 Å². The number of hydrogen-bond donors (Lipinski definition) is 2. The van der Waals surface area contributed by atoms with Crippen molar-refractivity contribution in [3.05, 3.63) is 24.3 Å². The minimum atomic E-state index is -1.13. The van der Waals surface area contributed by atoms with E-state index >= 15 is 0 Å². The van der Waals surface area contributed by atoms with Crippen LogP contribution in [-0.2, 0) is 14.3 Å². The molecule has 25 heavy (non-hydrogen) atoms. The normalized spacial score (nSPS) is 14.9. The van der Waals surface area contributed by atoms with Crippen LogP contribution in [0, 0.1) is 5.41 Å². The van der Waals surface area contributed by atoms with E-state index in [0.717, 1.165) is 37.3 Å². The van der Waals surface area contributed by atoms with Crippen LogP contribution in [0.1, 0.15) is 33.6 Å². The number of benzene rings is 1. The second kappa shape index (κ2) is 8.85. The smallest absolute Gasteiger partial charge is 0.239 e. The van der Waals surface area contributed by atoms with Gasteiger partial charge in [-0.25, -0.2) is 0 Å². The highest BCUT2D eigenvalue weighted by molar-refractivity contribution is 6.10. The number of amides is 2. The van der Waals surface area contributed by atoms with E-state index in [-0.39, 0.29) is 11.8 Å². The number of anilines is 2. The van der Waals surface area contributed by atoms with Crippen LogP contribution in [-0.4, -0.2) is 44.7 Å². The van der Waals surface area contributed by atoms with Crippen molar-refractivity contribution >= 4 is 23.2 Å². The molecule has 1 aliphatic heterocycles. The number of unbranched alkanes of at least 4 members (excludes halogenated alkanes) is 1. The number of hydrogen-bond acceptors (Lipinski definition) is 4. The summed E-state index contributed by atoms with van der Waals surface area (Å²) >= 11 is 0. The van der Waals surface area contributed by atoms with Gasteiger partial charge < -0.3 is 20.3 Å². The zero-order chi connectivity index (χ0) is 18.3. The lowest BCUT2D eigenvalue weighted by atomic mass is 9.90. The molecule has 0 radical (unpaired) electrons. The molecule has 2 amide bonds. The van der Waals surface area contributed by atoms with Crippen molar-refractivity contribution in [2.24, 2.45) is 5.41 Å². The number of carbonyl (C=O) groups excluding carboxylic acids is 2. The number of rotatable bonds is 7. The Morgan fingerprint density at radius 1 is 1.16 bits per heavy atom. The molecule has 6 heteroatoms. The summed E-state index contributed by atoms with van der Waals surface area (Å²) in [5, 5.41) is 5.78. The molecule has 0 bridgehead atoms. The summed E-state index contributed by atoms with van der Waals surface area (Å²) in [5.41, 5.74) is 0.552. The van der Waals surface area contributed by atoms with E-state index in [0.29, 0.717) is 19.8 Å². The number of morpholine rings is 1. The Morgan fingerprint density at radius 2 is 1.84 bits per heavy atom. The number of nitrogens with one attached hydrogen (secondary N) is 2. The number of para-hydroxylation sites is 2. The van der Waals surface area contributed by atoms with Crippen LogP contribution in [0.5, 0.6) is 0 Å². The lowest BCUT2D eigenvalue weighted by molar-refractivity contribution is -0.138. The fraction of sp³-hybridized carbons (Fsp3) is 0.579. The fourth-order valence-corrected chi connectivity index (χ4v) is 2.64. The average molecular weight is 347 g/mol. The second-order valence-corrected chi connectivity index (χ2v) is 6.81. The van der Waals surface area contributed by atoms with Crippen molar-refractivity contribution in [3.8, 4) is 0 Å². The van der Waals surface area contributed by atoms with Gasteiger partial charge in [-0.2, -0.15) is 0 Å². The summed E-state index contributed by atoms with van der Waals surface area (Å²) in [4.78, 5) is 27.3. The van der Waals surface area contributed by atoms with Crippen LogP contribution >= 0.6 is 0 Å². The maximum Gasteiger partial charge on any atom is 0.239 e. The Hall–Kier alpha value is -2.08. The van der Waals surface area contributed by atoms with E-state index in [9.17, 15) is 9.59 Å². The van der Waals surface area contributed by atoms with Crippen molar-refractivity contribution in [1.29, 1.82) is 0 Å². The molecule has 1 fully saturated rings. The fourth-order valence-electron chi connectivity index (χ4n) is 2.64. The van der Waals surface area contributed by atoms with Crippen LogP contribution < -0.4 is 15.5 Å². The van der Waals surface area contributed by atoms with Crippen LogP contribution in [0.25, 0.3) is 0 Å². The van der Waals surface area contributed by atoms with Crippen LogP contribution in [0.3, 0.4) is 0 Å². The molecule has 1 aliphatic rings. The molecule has 138 valence electrons. The molecule has 1 aromatic carbocycles. The first kappa shape index (κ1) is 19.2. The maximum atomic E-state index is 12.7. The van der Waals surface area contributed by atoms with E-state index in [2.05, 4.69) is 22.5 Å². The SMILES string of the molecule is CCCCNC(=O)C(C)(C)C(=O)Nc1ccccc1N1CCOCC1. The Labute approximate surface area is 149 Å². The van der Waals surface area contributed by atoms with Gasteiger partial charge in [0.15, 0.2) is 0 Å². The van der Waals surface area contributed by atoms with Gasteiger partial charge in [0.2, 0.25) is 11.8 Å². The largest absolute Gasteiger partial charge is 0.378 e. The van der Waals surface area contributed by atoms with Gasteiger partial charge in [0.1, 0.15) is 5.41 Å². The summed E-state index contributed by atoms with van der Waals surface area (Å²) < 4.78 is 5.39. The van der Waals surface area contributed by atoms with Crippen molar-refractivity contribution in [2.45, 2.75) is 33.6 Å². The molecule has 1 saturated heterocycles.